The number of nitrogens with zero attached hydrogens (tertiary/aromatic N) is 5. The van der Waals surface area contributed by atoms with Gasteiger partial charge in [0, 0.05) is 26.2 Å². The van der Waals surface area contributed by atoms with E-state index < -0.39 is 17.7 Å². The first-order chi connectivity index (χ1) is 14.3. The van der Waals surface area contributed by atoms with E-state index in [9.17, 15) is 14.4 Å². The van der Waals surface area contributed by atoms with E-state index in [0.29, 0.717) is 34.2 Å². The maximum Gasteiger partial charge on any atom is 0.262 e. The molecule has 1 saturated heterocycles. The number of nitrogens with one attached hydrogen (secondary N) is 1. The van der Waals surface area contributed by atoms with Crippen molar-refractivity contribution in [3.8, 4) is 0 Å². The van der Waals surface area contributed by atoms with E-state index in [2.05, 4.69) is 32.1 Å². The third kappa shape index (κ3) is 3.63. The predicted octanol–water partition coefficient (Wildman–Crippen LogP) is 1.08. The molecule has 30 heavy (non-hydrogen) atoms. The second kappa shape index (κ2) is 7.83. The third-order valence-corrected chi connectivity index (χ3v) is 5.49. The predicted molar refractivity (Wildman–Crippen MR) is 112 cm³/mol. The van der Waals surface area contributed by atoms with Gasteiger partial charge in [0.2, 0.25) is 11.9 Å². The van der Waals surface area contributed by atoms with Crippen LogP contribution >= 0.6 is 0 Å². The van der Waals surface area contributed by atoms with Gasteiger partial charge in [-0.3, -0.25) is 19.3 Å². The van der Waals surface area contributed by atoms with Gasteiger partial charge in [-0.2, -0.15) is 0 Å². The molecular weight excluding hydrogens is 384 g/mol. The van der Waals surface area contributed by atoms with Crippen molar-refractivity contribution in [3.05, 3.63) is 46.8 Å². The van der Waals surface area contributed by atoms with E-state index in [4.69, 9.17) is 0 Å². The Hall–Kier alpha value is -3.33. The number of aromatic nitrogens is 2. The summed E-state index contributed by atoms with van der Waals surface area (Å²) in [4.78, 5) is 52.0. The molecule has 2 aliphatic heterocycles. The van der Waals surface area contributed by atoms with Gasteiger partial charge < -0.3 is 15.1 Å². The van der Waals surface area contributed by atoms with E-state index in [-0.39, 0.29) is 6.54 Å². The van der Waals surface area contributed by atoms with Gasteiger partial charge in [-0.05, 0) is 33.0 Å². The SMILES string of the molecule is Cc1nc(N2CCN(C)CC2)nc(C)c1NC(=O)CN1C(=O)c2ccccc2C1=O. The fourth-order valence-electron chi connectivity index (χ4n) is 3.73. The number of carbonyl (C=O) groups is 3. The van der Waals surface area contributed by atoms with Crippen LogP contribution in [0.25, 0.3) is 0 Å². The lowest BCUT2D eigenvalue weighted by Gasteiger charge is -2.32. The molecule has 1 fully saturated rings. The van der Waals surface area contributed by atoms with E-state index in [1.807, 2.05) is 13.8 Å². The topological polar surface area (TPSA) is 98.7 Å². The highest BCUT2D eigenvalue weighted by Crippen LogP contribution is 2.24. The number of hydrogen-bond acceptors (Lipinski definition) is 7. The molecule has 9 nitrogen and oxygen atoms in total. The molecule has 4 rings (SSSR count). The summed E-state index contributed by atoms with van der Waals surface area (Å²) in [6, 6.07) is 6.57. The highest BCUT2D eigenvalue weighted by molar-refractivity contribution is 6.22. The Labute approximate surface area is 174 Å². The molecule has 1 aromatic carbocycles. The van der Waals surface area contributed by atoms with Crippen LogP contribution in [-0.4, -0.2) is 77.3 Å². The van der Waals surface area contributed by atoms with Crippen molar-refractivity contribution in [2.24, 2.45) is 0 Å². The van der Waals surface area contributed by atoms with Crippen LogP contribution < -0.4 is 10.2 Å². The zero-order valence-corrected chi connectivity index (χ0v) is 17.3. The molecule has 0 radical (unpaired) electrons. The monoisotopic (exact) mass is 408 g/mol. The molecule has 0 unspecified atom stereocenters. The largest absolute Gasteiger partial charge is 0.338 e. The Morgan fingerprint density at radius 2 is 1.50 bits per heavy atom. The van der Waals surface area contributed by atoms with E-state index in [1.54, 1.807) is 24.3 Å². The Kier molecular flexibility index (Phi) is 5.21. The molecule has 3 amide bonds. The lowest BCUT2D eigenvalue weighted by Crippen LogP contribution is -2.45. The summed E-state index contributed by atoms with van der Waals surface area (Å²) < 4.78 is 0. The van der Waals surface area contributed by atoms with Crippen molar-refractivity contribution in [3.63, 3.8) is 0 Å². The Morgan fingerprint density at radius 1 is 0.967 bits per heavy atom. The number of rotatable bonds is 4. The maximum atomic E-state index is 12.6. The van der Waals surface area contributed by atoms with Crippen LogP contribution in [0.15, 0.2) is 24.3 Å². The number of benzene rings is 1. The first-order valence-electron chi connectivity index (χ1n) is 9.89. The molecule has 0 saturated carbocycles. The lowest BCUT2D eigenvalue weighted by atomic mass is 10.1. The minimum atomic E-state index is -0.466. The number of carbonyl (C=O) groups excluding carboxylic acids is 3. The summed E-state index contributed by atoms with van der Waals surface area (Å²) in [5.74, 6) is -0.732. The van der Waals surface area contributed by atoms with Crippen molar-refractivity contribution in [1.82, 2.24) is 19.8 Å². The summed E-state index contributed by atoms with van der Waals surface area (Å²) in [5, 5.41) is 2.77. The molecule has 0 aliphatic carbocycles. The summed E-state index contributed by atoms with van der Waals surface area (Å²) in [5.41, 5.74) is 2.44. The number of imide groups is 1. The average molecular weight is 408 g/mol. The lowest BCUT2D eigenvalue weighted by molar-refractivity contribution is -0.116. The van der Waals surface area contributed by atoms with Crippen LogP contribution in [0.1, 0.15) is 32.1 Å². The van der Waals surface area contributed by atoms with Gasteiger partial charge in [0.1, 0.15) is 6.54 Å². The van der Waals surface area contributed by atoms with Crippen LogP contribution in [0.2, 0.25) is 0 Å². The Bertz CT molecular complexity index is 971. The molecule has 0 atom stereocenters. The number of anilines is 2. The first-order valence-corrected chi connectivity index (χ1v) is 9.89. The molecule has 0 bridgehead atoms. The second-order valence-corrected chi connectivity index (χ2v) is 7.65. The van der Waals surface area contributed by atoms with Crippen LogP contribution in [0.5, 0.6) is 0 Å². The van der Waals surface area contributed by atoms with E-state index >= 15 is 0 Å². The fraction of sp³-hybridized carbons (Fsp3) is 0.381. The van der Waals surface area contributed by atoms with Crippen LogP contribution in [0, 0.1) is 13.8 Å². The molecule has 3 heterocycles. The fourth-order valence-corrected chi connectivity index (χ4v) is 3.73. The minimum absolute atomic E-state index is 0.322. The van der Waals surface area contributed by atoms with Gasteiger partial charge in [-0.25, -0.2) is 9.97 Å². The van der Waals surface area contributed by atoms with Crippen LogP contribution in [0.4, 0.5) is 11.6 Å². The highest BCUT2D eigenvalue weighted by atomic mass is 16.2. The minimum Gasteiger partial charge on any atom is -0.338 e. The van der Waals surface area contributed by atoms with Gasteiger partial charge in [-0.1, -0.05) is 12.1 Å². The quantitative estimate of drug-likeness (QED) is 0.756. The number of hydrogen-bond donors (Lipinski definition) is 1. The van der Waals surface area contributed by atoms with Crippen molar-refractivity contribution in [2.45, 2.75) is 13.8 Å². The molecule has 9 heteroatoms. The number of piperazine rings is 1. The highest BCUT2D eigenvalue weighted by Gasteiger charge is 2.36. The van der Waals surface area contributed by atoms with Crippen LogP contribution in [-0.2, 0) is 4.79 Å². The van der Waals surface area contributed by atoms with Crippen molar-refractivity contribution < 1.29 is 14.4 Å². The first kappa shape index (κ1) is 20.0. The molecular formula is C21H24N6O3. The van der Waals surface area contributed by atoms with Gasteiger partial charge in [0.15, 0.2) is 0 Å². The number of aryl methyl sites for hydroxylation is 2. The molecule has 2 aliphatic rings. The number of likely N-dealkylation sites (N-methyl/N-ethyl adjacent to an activating group) is 1. The summed E-state index contributed by atoms with van der Waals surface area (Å²) in [6.07, 6.45) is 0. The van der Waals surface area contributed by atoms with Gasteiger partial charge in [0.05, 0.1) is 28.2 Å². The van der Waals surface area contributed by atoms with Gasteiger partial charge >= 0.3 is 0 Å². The van der Waals surface area contributed by atoms with Crippen molar-refractivity contribution >= 4 is 29.4 Å². The average Bonchev–Trinajstić information content (AvgIpc) is 2.96. The van der Waals surface area contributed by atoms with Crippen molar-refractivity contribution in [1.29, 1.82) is 0 Å². The van der Waals surface area contributed by atoms with Gasteiger partial charge in [-0.15, -0.1) is 0 Å². The molecule has 2 aromatic rings. The molecule has 1 N–H and O–H groups in total. The van der Waals surface area contributed by atoms with Crippen LogP contribution in [0.3, 0.4) is 0 Å². The third-order valence-electron chi connectivity index (χ3n) is 5.49. The molecule has 1 aromatic heterocycles. The molecule has 156 valence electrons. The summed E-state index contributed by atoms with van der Waals surface area (Å²) >= 11 is 0. The second-order valence-electron chi connectivity index (χ2n) is 7.65. The number of amides is 3. The van der Waals surface area contributed by atoms with Crippen molar-refractivity contribution in [2.75, 3.05) is 50.0 Å². The zero-order valence-electron chi connectivity index (χ0n) is 17.3. The smallest absolute Gasteiger partial charge is 0.262 e. The van der Waals surface area contributed by atoms with Gasteiger partial charge in [0.25, 0.3) is 11.8 Å². The standard InChI is InChI=1S/C21H24N6O3/c1-13-18(14(2)23-21(22-13)26-10-8-25(3)9-11-26)24-17(28)12-27-19(29)15-6-4-5-7-16(15)20(27)30/h4-7H,8-12H2,1-3H3,(H,24,28). The summed E-state index contributed by atoms with van der Waals surface area (Å²) in [6.45, 7) is 6.85. The number of fused-ring (bicyclic) bond motifs is 1. The normalized spacial score (nSPS) is 16.8. The Balaban J connectivity index is 1.46. The summed E-state index contributed by atoms with van der Waals surface area (Å²) in [7, 11) is 2.09. The molecule has 0 spiro atoms. The Morgan fingerprint density at radius 3 is 2.03 bits per heavy atom. The van der Waals surface area contributed by atoms with E-state index in [0.717, 1.165) is 31.1 Å². The maximum absolute atomic E-state index is 12.6. The van der Waals surface area contributed by atoms with E-state index in [1.165, 1.54) is 0 Å². The zero-order chi connectivity index (χ0) is 21.4.